The van der Waals surface area contributed by atoms with Crippen LogP contribution in [0.5, 0.6) is 5.75 Å². The molecule has 0 spiro atoms. The van der Waals surface area contributed by atoms with Crippen LogP contribution in [0.15, 0.2) is 39.5 Å². The second-order valence-electron chi connectivity index (χ2n) is 7.72. The van der Waals surface area contributed by atoms with Crippen LogP contribution in [0.3, 0.4) is 0 Å². The zero-order valence-corrected chi connectivity index (χ0v) is 17.6. The zero-order valence-electron chi connectivity index (χ0n) is 16.8. The highest BCUT2D eigenvalue weighted by Gasteiger charge is 2.32. The van der Waals surface area contributed by atoms with Crippen LogP contribution in [-0.2, 0) is 18.7 Å². The average Bonchev–Trinajstić information content (AvgIpc) is 3.40. The standard InChI is InChI=1S/C22H23N3O4S/c1-28-18-6-2-4-14-10-19(29-21(14)18)22(27)24-8-3-5-16(24)12-25-20(26)11-15-13-30-9-7-17(15)23-25/h2,4,6,10-11,16H,3,5,7-9,12-13H2,1H3. The lowest BCUT2D eigenvalue weighted by atomic mass is 10.2. The van der Waals surface area contributed by atoms with Gasteiger partial charge in [0.15, 0.2) is 17.1 Å². The Kier molecular flexibility index (Phi) is 5.02. The molecule has 2 aliphatic heterocycles. The van der Waals surface area contributed by atoms with E-state index in [9.17, 15) is 9.59 Å². The number of hydrogen-bond acceptors (Lipinski definition) is 6. The van der Waals surface area contributed by atoms with Crippen LogP contribution in [0.2, 0.25) is 0 Å². The van der Waals surface area contributed by atoms with Gasteiger partial charge in [-0.25, -0.2) is 4.68 Å². The summed E-state index contributed by atoms with van der Waals surface area (Å²) in [5.41, 5.74) is 2.53. The molecule has 2 aliphatic rings. The number of fused-ring (bicyclic) bond motifs is 2. The van der Waals surface area contributed by atoms with Crippen LogP contribution in [0.1, 0.15) is 34.7 Å². The van der Waals surface area contributed by atoms with Gasteiger partial charge in [0.1, 0.15) is 0 Å². The summed E-state index contributed by atoms with van der Waals surface area (Å²) in [5, 5.41) is 5.45. The molecule has 0 N–H and O–H groups in total. The van der Waals surface area contributed by atoms with Crippen molar-refractivity contribution in [3.05, 3.63) is 57.7 Å². The molecule has 1 atom stereocenters. The number of thioether (sulfide) groups is 1. The van der Waals surface area contributed by atoms with Crippen molar-refractivity contribution >= 4 is 28.6 Å². The molecule has 1 unspecified atom stereocenters. The van der Waals surface area contributed by atoms with Gasteiger partial charge in [-0.3, -0.25) is 9.59 Å². The van der Waals surface area contributed by atoms with Crippen LogP contribution in [0, 0.1) is 0 Å². The van der Waals surface area contributed by atoms with Gasteiger partial charge < -0.3 is 14.1 Å². The fraction of sp³-hybridized carbons (Fsp3) is 0.409. The molecule has 0 saturated carbocycles. The number of aromatic nitrogens is 2. The maximum absolute atomic E-state index is 13.2. The Morgan fingerprint density at radius 1 is 1.37 bits per heavy atom. The number of nitrogens with zero attached hydrogens (tertiary/aromatic N) is 3. The molecule has 1 fully saturated rings. The number of benzene rings is 1. The van der Waals surface area contributed by atoms with E-state index >= 15 is 0 Å². The lowest BCUT2D eigenvalue weighted by Gasteiger charge is -2.24. The van der Waals surface area contributed by atoms with Gasteiger partial charge in [-0.1, -0.05) is 12.1 Å². The minimum atomic E-state index is -0.154. The zero-order chi connectivity index (χ0) is 20.7. The van der Waals surface area contributed by atoms with Crippen molar-refractivity contribution in [3.8, 4) is 5.75 Å². The third-order valence-corrected chi connectivity index (χ3v) is 6.87. The molecule has 0 radical (unpaired) electrons. The molecule has 3 aromatic rings. The van der Waals surface area contributed by atoms with Gasteiger partial charge in [0, 0.05) is 30.2 Å². The molecule has 0 bridgehead atoms. The predicted molar refractivity (Wildman–Crippen MR) is 115 cm³/mol. The van der Waals surface area contributed by atoms with Gasteiger partial charge in [0.2, 0.25) is 0 Å². The lowest BCUT2D eigenvalue weighted by Crippen LogP contribution is -2.41. The topological polar surface area (TPSA) is 77.6 Å². The Morgan fingerprint density at radius 2 is 2.27 bits per heavy atom. The van der Waals surface area contributed by atoms with Crippen molar-refractivity contribution in [2.24, 2.45) is 0 Å². The second kappa shape index (κ2) is 7.83. The molecular weight excluding hydrogens is 402 g/mol. The average molecular weight is 426 g/mol. The maximum Gasteiger partial charge on any atom is 0.289 e. The van der Waals surface area contributed by atoms with Crippen molar-refractivity contribution in [1.82, 2.24) is 14.7 Å². The molecule has 1 amide bonds. The molecule has 156 valence electrons. The van der Waals surface area contributed by atoms with E-state index in [1.54, 1.807) is 19.2 Å². The van der Waals surface area contributed by atoms with Gasteiger partial charge in [0.25, 0.3) is 11.5 Å². The summed E-state index contributed by atoms with van der Waals surface area (Å²) in [6, 6.07) is 8.97. The van der Waals surface area contributed by atoms with Gasteiger partial charge in [-0.05, 0) is 36.3 Å². The summed E-state index contributed by atoms with van der Waals surface area (Å²) >= 11 is 1.83. The normalized spacial score (nSPS) is 18.6. The summed E-state index contributed by atoms with van der Waals surface area (Å²) in [6.45, 7) is 1.06. The van der Waals surface area contributed by atoms with Crippen LogP contribution in [-0.4, -0.2) is 46.0 Å². The van der Waals surface area contributed by atoms with E-state index in [0.717, 1.165) is 47.4 Å². The summed E-state index contributed by atoms with van der Waals surface area (Å²) < 4.78 is 12.7. The number of carbonyl (C=O) groups excluding carboxylic acids is 1. The van der Waals surface area contributed by atoms with Gasteiger partial charge in [0.05, 0.1) is 25.4 Å². The number of methoxy groups -OCH3 is 1. The maximum atomic E-state index is 13.2. The fourth-order valence-corrected chi connectivity index (χ4v) is 5.27. The van der Waals surface area contributed by atoms with E-state index in [1.165, 1.54) is 4.68 Å². The molecule has 4 heterocycles. The number of ether oxygens (including phenoxy) is 1. The molecule has 5 rings (SSSR count). The molecule has 30 heavy (non-hydrogen) atoms. The first-order chi connectivity index (χ1) is 14.6. The van der Waals surface area contributed by atoms with Gasteiger partial charge in [-0.15, -0.1) is 0 Å². The molecule has 7 nitrogen and oxygen atoms in total. The number of furan rings is 1. The number of para-hydroxylation sites is 1. The molecule has 0 aliphatic carbocycles. The minimum Gasteiger partial charge on any atom is -0.493 e. The predicted octanol–water partition coefficient (Wildman–Crippen LogP) is 3.09. The Labute approximate surface area is 178 Å². The molecule has 2 aromatic heterocycles. The number of hydrogen-bond donors (Lipinski definition) is 0. The van der Waals surface area contributed by atoms with Crippen LogP contribution < -0.4 is 10.3 Å². The number of amides is 1. The smallest absolute Gasteiger partial charge is 0.289 e. The van der Waals surface area contributed by atoms with Gasteiger partial charge >= 0.3 is 0 Å². The SMILES string of the molecule is COc1cccc2cc(C(=O)N3CCCC3Cn3nc4c(cc3=O)CSCC4)oc12. The van der Waals surface area contributed by atoms with E-state index in [-0.39, 0.29) is 17.5 Å². The molecule has 1 aromatic carbocycles. The number of carbonyl (C=O) groups is 1. The third-order valence-electron chi connectivity index (χ3n) is 5.87. The summed E-state index contributed by atoms with van der Waals surface area (Å²) in [4.78, 5) is 27.6. The largest absolute Gasteiger partial charge is 0.493 e. The Morgan fingerprint density at radius 3 is 3.13 bits per heavy atom. The highest BCUT2D eigenvalue weighted by atomic mass is 32.2. The lowest BCUT2D eigenvalue weighted by molar-refractivity contribution is 0.0690. The van der Waals surface area contributed by atoms with Crippen molar-refractivity contribution in [1.29, 1.82) is 0 Å². The second-order valence-corrected chi connectivity index (χ2v) is 8.83. The number of likely N-dealkylation sites (tertiary alicyclic amines) is 1. The third kappa shape index (κ3) is 3.39. The number of aryl methyl sites for hydroxylation is 1. The molecule has 8 heteroatoms. The van der Waals surface area contributed by atoms with E-state index in [0.29, 0.717) is 30.2 Å². The first kappa shape index (κ1) is 19.2. The highest BCUT2D eigenvalue weighted by molar-refractivity contribution is 7.98. The number of rotatable bonds is 4. The summed E-state index contributed by atoms with van der Waals surface area (Å²) in [7, 11) is 1.58. The van der Waals surface area contributed by atoms with E-state index in [2.05, 4.69) is 5.10 Å². The monoisotopic (exact) mass is 425 g/mol. The Balaban J connectivity index is 1.40. The van der Waals surface area contributed by atoms with Crippen LogP contribution in [0.25, 0.3) is 11.0 Å². The van der Waals surface area contributed by atoms with Crippen LogP contribution >= 0.6 is 11.8 Å². The molecular formula is C22H23N3O4S. The van der Waals surface area contributed by atoms with Crippen molar-refractivity contribution in [2.75, 3.05) is 19.4 Å². The quantitative estimate of drug-likeness (QED) is 0.639. The van der Waals surface area contributed by atoms with E-state index in [4.69, 9.17) is 9.15 Å². The van der Waals surface area contributed by atoms with Crippen molar-refractivity contribution in [3.63, 3.8) is 0 Å². The Bertz CT molecular complexity index is 1170. The summed E-state index contributed by atoms with van der Waals surface area (Å²) in [5.74, 6) is 2.62. The fourth-order valence-electron chi connectivity index (χ4n) is 4.32. The van der Waals surface area contributed by atoms with E-state index in [1.807, 2.05) is 34.9 Å². The minimum absolute atomic E-state index is 0.0752. The van der Waals surface area contributed by atoms with Crippen molar-refractivity contribution in [2.45, 2.75) is 37.6 Å². The molecule has 1 saturated heterocycles. The van der Waals surface area contributed by atoms with Gasteiger partial charge in [-0.2, -0.15) is 16.9 Å². The van der Waals surface area contributed by atoms with Crippen molar-refractivity contribution < 1.29 is 13.9 Å². The highest BCUT2D eigenvalue weighted by Crippen LogP contribution is 2.30. The first-order valence-corrected chi connectivity index (χ1v) is 11.3. The Hall–Kier alpha value is -2.74. The first-order valence-electron chi connectivity index (χ1n) is 10.2. The van der Waals surface area contributed by atoms with Crippen LogP contribution in [0.4, 0.5) is 0 Å². The van der Waals surface area contributed by atoms with E-state index < -0.39 is 0 Å². The summed E-state index contributed by atoms with van der Waals surface area (Å²) in [6.07, 6.45) is 2.63.